The lowest BCUT2D eigenvalue weighted by Gasteiger charge is -2.21. The topological polar surface area (TPSA) is 21.3 Å². The van der Waals surface area contributed by atoms with Crippen LogP contribution in [-0.4, -0.2) is 13.2 Å². The molecule has 0 unspecified atom stereocenters. The van der Waals surface area contributed by atoms with Crippen molar-refractivity contribution in [3.63, 3.8) is 0 Å². The Balaban J connectivity index is 1.92. The standard InChI is InChI=1S/C13H25NO/c1-3-12(2)9-10-15-14-11-13-7-5-4-6-8-13/h3,13-14H,4-11H2,1-2H3. The molecule has 1 aliphatic rings. The van der Waals surface area contributed by atoms with Crippen molar-refractivity contribution in [1.29, 1.82) is 0 Å². The van der Waals surface area contributed by atoms with E-state index in [0.717, 1.165) is 25.5 Å². The molecule has 0 aliphatic heterocycles. The number of hydrogen-bond acceptors (Lipinski definition) is 2. The molecule has 0 atom stereocenters. The summed E-state index contributed by atoms with van der Waals surface area (Å²) in [7, 11) is 0. The molecule has 0 aromatic rings. The Labute approximate surface area is 94.0 Å². The molecule has 0 aromatic heterocycles. The largest absolute Gasteiger partial charge is 0.301 e. The zero-order chi connectivity index (χ0) is 10.9. The van der Waals surface area contributed by atoms with Crippen LogP contribution in [0, 0.1) is 5.92 Å². The van der Waals surface area contributed by atoms with Gasteiger partial charge < -0.3 is 4.84 Å². The van der Waals surface area contributed by atoms with Crippen LogP contribution in [0.1, 0.15) is 52.4 Å². The first-order valence-corrected chi connectivity index (χ1v) is 6.29. The van der Waals surface area contributed by atoms with E-state index in [1.165, 1.54) is 37.7 Å². The number of hydroxylamine groups is 1. The van der Waals surface area contributed by atoms with Gasteiger partial charge in [0.15, 0.2) is 0 Å². The summed E-state index contributed by atoms with van der Waals surface area (Å²) in [6.07, 6.45) is 10.2. The summed E-state index contributed by atoms with van der Waals surface area (Å²) in [5.74, 6) is 0.849. The van der Waals surface area contributed by atoms with Gasteiger partial charge in [-0.3, -0.25) is 0 Å². The van der Waals surface area contributed by atoms with Crippen LogP contribution in [0.5, 0.6) is 0 Å². The van der Waals surface area contributed by atoms with Gasteiger partial charge in [0.05, 0.1) is 6.61 Å². The molecule has 0 bridgehead atoms. The van der Waals surface area contributed by atoms with Crippen LogP contribution in [0.4, 0.5) is 0 Å². The Hall–Kier alpha value is -0.340. The molecule has 1 N–H and O–H groups in total. The molecule has 0 amide bonds. The normalized spacial score (nSPS) is 19.5. The van der Waals surface area contributed by atoms with Crippen molar-refractivity contribution in [3.05, 3.63) is 11.6 Å². The summed E-state index contributed by atoms with van der Waals surface area (Å²) in [6, 6.07) is 0. The zero-order valence-electron chi connectivity index (χ0n) is 10.2. The molecule has 0 aromatic carbocycles. The Morgan fingerprint density at radius 1 is 1.33 bits per heavy atom. The lowest BCUT2D eigenvalue weighted by atomic mass is 9.89. The fraction of sp³-hybridized carbons (Fsp3) is 0.846. The highest BCUT2D eigenvalue weighted by Crippen LogP contribution is 2.22. The van der Waals surface area contributed by atoms with E-state index >= 15 is 0 Å². The summed E-state index contributed by atoms with van der Waals surface area (Å²) in [6.45, 7) is 6.05. The van der Waals surface area contributed by atoms with Crippen LogP contribution in [0.25, 0.3) is 0 Å². The maximum atomic E-state index is 5.42. The first kappa shape index (κ1) is 12.7. The zero-order valence-corrected chi connectivity index (χ0v) is 10.2. The second-order valence-corrected chi connectivity index (χ2v) is 4.59. The van der Waals surface area contributed by atoms with Gasteiger partial charge in [-0.15, -0.1) is 0 Å². The van der Waals surface area contributed by atoms with Crippen LogP contribution in [0.3, 0.4) is 0 Å². The summed E-state index contributed by atoms with van der Waals surface area (Å²) in [5, 5.41) is 0. The maximum Gasteiger partial charge on any atom is 0.0719 e. The van der Waals surface area contributed by atoms with E-state index in [2.05, 4.69) is 25.4 Å². The predicted octanol–water partition coefficient (Wildman–Crippen LogP) is 3.44. The minimum atomic E-state index is 0.795. The monoisotopic (exact) mass is 211 g/mol. The molecule has 1 saturated carbocycles. The van der Waals surface area contributed by atoms with Crippen LogP contribution in [-0.2, 0) is 4.84 Å². The van der Waals surface area contributed by atoms with E-state index in [9.17, 15) is 0 Å². The molecule has 0 heterocycles. The first-order chi connectivity index (χ1) is 7.33. The van der Waals surface area contributed by atoms with Crippen molar-refractivity contribution in [3.8, 4) is 0 Å². The minimum absolute atomic E-state index is 0.795. The van der Waals surface area contributed by atoms with E-state index in [4.69, 9.17) is 4.84 Å². The number of hydrogen-bond donors (Lipinski definition) is 1. The van der Waals surface area contributed by atoms with Gasteiger partial charge in [0, 0.05) is 6.54 Å². The van der Waals surface area contributed by atoms with E-state index in [-0.39, 0.29) is 0 Å². The van der Waals surface area contributed by atoms with Crippen LogP contribution >= 0.6 is 0 Å². The van der Waals surface area contributed by atoms with Gasteiger partial charge in [-0.05, 0) is 39.0 Å². The average molecular weight is 211 g/mol. The highest BCUT2D eigenvalue weighted by molar-refractivity contribution is 4.94. The molecule has 0 saturated heterocycles. The molecular formula is C13H25NO. The SMILES string of the molecule is CC=C(C)CCONCC1CCCCC1. The highest BCUT2D eigenvalue weighted by atomic mass is 16.6. The summed E-state index contributed by atoms with van der Waals surface area (Å²) >= 11 is 0. The third kappa shape index (κ3) is 5.95. The average Bonchev–Trinajstić information content (AvgIpc) is 2.29. The van der Waals surface area contributed by atoms with Crippen molar-refractivity contribution in [2.75, 3.05) is 13.2 Å². The highest BCUT2D eigenvalue weighted by Gasteiger charge is 2.12. The lowest BCUT2D eigenvalue weighted by Crippen LogP contribution is -2.25. The van der Waals surface area contributed by atoms with Crippen LogP contribution in [0.2, 0.25) is 0 Å². The quantitative estimate of drug-likeness (QED) is 0.413. The smallest absolute Gasteiger partial charge is 0.0719 e. The molecule has 1 aliphatic carbocycles. The fourth-order valence-electron chi connectivity index (χ4n) is 2.00. The van der Waals surface area contributed by atoms with Crippen molar-refractivity contribution < 1.29 is 4.84 Å². The van der Waals surface area contributed by atoms with Gasteiger partial charge in [0.25, 0.3) is 0 Å². The lowest BCUT2D eigenvalue weighted by molar-refractivity contribution is 0.0308. The van der Waals surface area contributed by atoms with Gasteiger partial charge in [-0.2, -0.15) is 0 Å². The summed E-state index contributed by atoms with van der Waals surface area (Å²) < 4.78 is 0. The molecule has 15 heavy (non-hydrogen) atoms. The van der Waals surface area contributed by atoms with Crippen molar-refractivity contribution in [1.82, 2.24) is 5.48 Å². The molecule has 1 fully saturated rings. The van der Waals surface area contributed by atoms with Crippen molar-refractivity contribution in [2.24, 2.45) is 5.92 Å². The summed E-state index contributed by atoms with van der Waals surface area (Å²) in [4.78, 5) is 5.42. The number of rotatable bonds is 6. The van der Waals surface area contributed by atoms with E-state index in [0.29, 0.717) is 0 Å². The van der Waals surface area contributed by atoms with Crippen molar-refractivity contribution >= 4 is 0 Å². The number of allylic oxidation sites excluding steroid dienone is 1. The van der Waals surface area contributed by atoms with Gasteiger partial charge in [-0.25, -0.2) is 5.48 Å². The Bertz CT molecular complexity index is 183. The molecular weight excluding hydrogens is 186 g/mol. The third-order valence-corrected chi connectivity index (χ3v) is 3.29. The van der Waals surface area contributed by atoms with E-state index in [1.54, 1.807) is 0 Å². The minimum Gasteiger partial charge on any atom is -0.301 e. The van der Waals surface area contributed by atoms with E-state index < -0.39 is 0 Å². The predicted molar refractivity (Wildman–Crippen MR) is 64.6 cm³/mol. The Morgan fingerprint density at radius 3 is 2.73 bits per heavy atom. The van der Waals surface area contributed by atoms with E-state index in [1.807, 2.05) is 0 Å². The molecule has 2 heteroatoms. The molecule has 2 nitrogen and oxygen atoms in total. The van der Waals surface area contributed by atoms with Gasteiger partial charge in [0.1, 0.15) is 0 Å². The fourth-order valence-corrected chi connectivity index (χ4v) is 2.00. The maximum absolute atomic E-state index is 5.42. The molecule has 88 valence electrons. The second kappa shape index (κ2) is 7.89. The van der Waals surface area contributed by atoms with Crippen LogP contribution in [0.15, 0.2) is 11.6 Å². The Kier molecular flexibility index (Phi) is 6.69. The van der Waals surface area contributed by atoms with Crippen molar-refractivity contribution in [2.45, 2.75) is 52.4 Å². The number of nitrogens with one attached hydrogen (secondary N) is 1. The molecule has 0 radical (unpaired) electrons. The molecule has 1 rings (SSSR count). The molecule has 0 spiro atoms. The Morgan fingerprint density at radius 2 is 2.07 bits per heavy atom. The first-order valence-electron chi connectivity index (χ1n) is 6.29. The van der Waals surface area contributed by atoms with Crippen LogP contribution < -0.4 is 5.48 Å². The summed E-state index contributed by atoms with van der Waals surface area (Å²) in [5.41, 5.74) is 4.50. The third-order valence-electron chi connectivity index (χ3n) is 3.29. The van der Waals surface area contributed by atoms with Gasteiger partial charge in [-0.1, -0.05) is 30.9 Å². The van der Waals surface area contributed by atoms with Gasteiger partial charge >= 0.3 is 0 Å². The second-order valence-electron chi connectivity index (χ2n) is 4.59. The van der Waals surface area contributed by atoms with Gasteiger partial charge in [0.2, 0.25) is 0 Å².